The Kier molecular flexibility index (Phi) is 10.3. The van der Waals surface area contributed by atoms with Crippen LogP contribution in [0.5, 0.6) is 0 Å². The van der Waals surface area contributed by atoms with E-state index in [4.69, 9.17) is 5.73 Å². The molecular weight excluding hydrogens is 492 g/mol. The second kappa shape index (κ2) is 13.5. The van der Waals surface area contributed by atoms with Crippen molar-refractivity contribution >= 4 is 29.2 Å². The van der Waals surface area contributed by atoms with E-state index in [1.807, 2.05) is 0 Å². The van der Waals surface area contributed by atoms with Gasteiger partial charge in [-0.15, -0.1) is 12.6 Å². The van der Waals surface area contributed by atoms with Crippen molar-refractivity contribution in [1.82, 2.24) is 0 Å². The van der Waals surface area contributed by atoms with Gasteiger partial charge in [0.15, 0.2) is 0 Å². The summed E-state index contributed by atoms with van der Waals surface area (Å²) in [4.78, 5) is 0. The standard InChI is InChI=1S/4C7H7.CH3NS2.Zn/c4*1-7-5-3-2-4-6-7;2-1(3)4;/h4*2-6H,1H2;(H3,2,3,4);. The van der Waals surface area contributed by atoms with Crippen molar-refractivity contribution in [2.75, 3.05) is 0 Å². The first kappa shape index (κ1) is 25.4. The number of thiol groups is 1. The molecule has 0 radical (unpaired) electrons. The Morgan fingerprint density at radius 3 is 0.879 bits per heavy atom. The van der Waals surface area contributed by atoms with E-state index in [9.17, 15) is 0 Å². The summed E-state index contributed by atoms with van der Waals surface area (Å²) >= 11 is 4.82. The summed E-state index contributed by atoms with van der Waals surface area (Å²) in [5, 5.41) is 5.12. The minimum absolute atomic E-state index is 0.194. The van der Waals surface area contributed by atoms with Crippen molar-refractivity contribution in [3.8, 4) is 0 Å². The number of hydrogen-bond acceptors (Lipinski definition) is 1. The van der Waals surface area contributed by atoms with Gasteiger partial charge in [0.25, 0.3) is 0 Å². The van der Waals surface area contributed by atoms with E-state index >= 15 is 0 Å². The minimum atomic E-state index is -2.84. The van der Waals surface area contributed by atoms with Gasteiger partial charge in [0.1, 0.15) is 4.32 Å². The first-order chi connectivity index (χ1) is 16.0. The van der Waals surface area contributed by atoms with Crippen LogP contribution in [0.3, 0.4) is 0 Å². The SMILES string of the molecule is NC(=S)S.c1ccc([CH2][Zn]([CH2]c2ccccc2)([CH2]c2ccccc2)[CH2]c2ccccc2)cc1. The van der Waals surface area contributed by atoms with Gasteiger partial charge in [0, 0.05) is 0 Å². The van der Waals surface area contributed by atoms with E-state index in [1.54, 1.807) is 0 Å². The number of rotatable bonds is 8. The molecular formula is C29H31NS2Zn. The Morgan fingerprint density at radius 1 is 0.515 bits per heavy atom. The molecule has 1 nitrogen and oxygen atoms in total. The third-order valence-electron chi connectivity index (χ3n) is 6.65. The average molecular weight is 523 g/mol. The van der Waals surface area contributed by atoms with E-state index in [1.165, 1.54) is 42.3 Å². The van der Waals surface area contributed by atoms with Crippen LogP contribution < -0.4 is 5.73 Å². The van der Waals surface area contributed by atoms with E-state index < -0.39 is 14.8 Å². The first-order valence-electron chi connectivity index (χ1n) is 11.8. The van der Waals surface area contributed by atoms with Gasteiger partial charge in [-0.05, 0) is 0 Å². The molecule has 0 fully saturated rings. The molecule has 33 heavy (non-hydrogen) atoms. The number of benzene rings is 4. The monoisotopic (exact) mass is 521 g/mol. The molecule has 0 amide bonds. The van der Waals surface area contributed by atoms with Gasteiger partial charge in [-0.3, -0.25) is 0 Å². The number of thiocarbonyl (C=S) groups is 1. The van der Waals surface area contributed by atoms with Crippen molar-refractivity contribution in [2.24, 2.45) is 5.73 Å². The van der Waals surface area contributed by atoms with E-state index in [0.29, 0.717) is 0 Å². The predicted molar refractivity (Wildman–Crippen MR) is 146 cm³/mol. The van der Waals surface area contributed by atoms with Crippen molar-refractivity contribution in [3.63, 3.8) is 0 Å². The molecule has 0 aliphatic carbocycles. The maximum atomic E-state index is 4.71. The molecule has 0 bridgehead atoms. The molecule has 4 aromatic rings. The summed E-state index contributed by atoms with van der Waals surface area (Å²) in [7, 11) is 0. The second-order valence-electron chi connectivity index (χ2n) is 9.40. The third-order valence-corrected chi connectivity index (χ3v) is 20.4. The normalized spacial score (nSPS) is 10.2. The fourth-order valence-corrected chi connectivity index (χ4v) is 20.9. The molecule has 0 atom stereocenters. The molecule has 0 unspecified atom stereocenters. The van der Waals surface area contributed by atoms with Crippen molar-refractivity contribution in [2.45, 2.75) is 20.1 Å². The molecule has 0 saturated heterocycles. The third kappa shape index (κ3) is 9.25. The van der Waals surface area contributed by atoms with Crippen LogP contribution in [0, 0.1) is 0 Å². The molecule has 0 spiro atoms. The fourth-order valence-electron chi connectivity index (χ4n) is 5.56. The number of nitrogens with two attached hydrogens (primary N) is 1. The molecule has 0 heterocycles. The zero-order valence-electron chi connectivity index (χ0n) is 19.0. The van der Waals surface area contributed by atoms with Gasteiger partial charge >= 0.3 is 178 Å². The summed E-state index contributed by atoms with van der Waals surface area (Å²) < 4.78 is 0.194. The Morgan fingerprint density at radius 2 is 0.697 bits per heavy atom. The van der Waals surface area contributed by atoms with Crippen LogP contribution in [0.1, 0.15) is 22.3 Å². The van der Waals surface area contributed by atoms with Crippen LogP contribution in [-0.2, 0) is 34.8 Å². The maximum absolute atomic E-state index is 4.71. The zero-order chi connectivity index (χ0) is 23.4. The summed E-state index contributed by atoms with van der Waals surface area (Å²) in [5.41, 5.74) is 10.7. The van der Waals surface area contributed by atoms with Crippen LogP contribution >= 0.6 is 24.8 Å². The van der Waals surface area contributed by atoms with Crippen molar-refractivity contribution < 1.29 is 14.8 Å². The predicted octanol–water partition coefficient (Wildman–Crippen LogP) is 7.10. The van der Waals surface area contributed by atoms with Gasteiger partial charge in [0.05, 0.1) is 0 Å². The van der Waals surface area contributed by atoms with Crippen LogP contribution in [0.25, 0.3) is 0 Å². The fraction of sp³-hybridized carbons (Fsp3) is 0.138. The molecule has 4 aromatic carbocycles. The quantitative estimate of drug-likeness (QED) is 0.147. The Hall–Kier alpha value is -2.26. The molecule has 4 rings (SSSR count). The molecule has 2 N–H and O–H groups in total. The molecule has 0 aromatic heterocycles. The number of hydrogen-bond donors (Lipinski definition) is 2. The Labute approximate surface area is 212 Å². The molecule has 0 aliphatic heterocycles. The first-order valence-corrected chi connectivity index (χ1v) is 21.0. The van der Waals surface area contributed by atoms with E-state index in [2.05, 4.69) is 146 Å². The van der Waals surface area contributed by atoms with Crippen LogP contribution in [-0.4, -0.2) is 4.32 Å². The summed E-state index contributed by atoms with van der Waals surface area (Å²) in [6, 6.07) is 44.7. The Balaban J connectivity index is 0.000000709. The van der Waals surface area contributed by atoms with Crippen molar-refractivity contribution in [1.29, 1.82) is 0 Å². The molecule has 0 saturated carbocycles. The molecule has 0 aliphatic rings. The summed E-state index contributed by atoms with van der Waals surface area (Å²) in [5.74, 6) is 0. The van der Waals surface area contributed by atoms with Crippen LogP contribution in [0.15, 0.2) is 121 Å². The van der Waals surface area contributed by atoms with Gasteiger partial charge in [-0.25, -0.2) is 0 Å². The van der Waals surface area contributed by atoms with Gasteiger partial charge < -0.3 is 5.73 Å². The van der Waals surface area contributed by atoms with Crippen LogP contribution in [0.4, 0.5) is 0 Å². The van der Waals surface area contributed by atoms with Crippen molar-refractivity contribution in [3.05, 3.63) is 144 Å². The van der Waals surface area contributed by atoms with Gasteiger partial charge in [-0.1, -0.05) is 12.2 Å². The summed E-state index contributed by atoms with van der Waals surface area (Å²) in [6.45, 7) is 0. The molecule has 4 heteroatoms. The van der Waals surface area contributed by atoms with E-state index in [0.717, 1.165) is 0 Å². The topological polar surface area (TPSA) is 26.0 Å². The summed E-state index contributed by atoms with van der Waals surface area (Å²) in [6.07, 6.45) is 0. The Bertz CT molecular complexity index is 912. The van der Waals surface area contributed by atoms with E-state index in [-0.39, 0.29) is 4.32 Å². The van der Waals surface area contributed by atoms with Gasteiger partial charge in [-0.2, -0.15) is 0 Å². The second-order valence-corrected chi connectivity index (χ2v) is 23.7. The average Bonchev–Trinajstić information content (AvgIpc) is 2.81. The van der Waals surface area contributed by atoms with Gasteiger partial charge in [0.2, 0.25) is 0 Å². The van der Waals surface area contributed by atoms with Crippen LogP contribution in [0.2, 0.25) is 0 Å². The molecule has 166 valence electrons. The zero-order valence-corrected chi connectivity index (χ0v) is 23.7.